The molecule has 0 radical (unpaired) electrons. The van der Waals surface area contributed by atoms with Crippen LogP contribution < -0.4 is 5.73 Å². The molecule has 2 N–H and O–H groups in total. The molecule has 0 atom stereocenters. The summed E-state index contributed by atoms with van der Waals surface area (Å²) in [6.45, 7) is 1.96. The Kier molecular flexibility index (Phi) is 2.91. The maximum Gasteiger partial charge on any atom is 0.207 e. The Morgan fingerprint density at radius 3 is 2.79 bits per heavy atom. The van der Waals surface area contributed by atoms with Crippen LogP contribution in [0.15, 0.2) is 41.3 Å². The van der Waals surface area contributed by atoms with Crippen LogP contribution in [0, 0.1) is 6.92 Å². The molecule has 96 valence electrons. The second-order valence-corrected chi connectivity index (χ2v) is 5.18. The molecule has 0 aliphatic carbocycles. The lowest BCUT2D eigenvalue weighted by Gasteiger charge is -2.07. The van der Waals surface area contributed by atoms with Gasteiger partial charge in [-0.25, -0.2) is 9.97 Å². The lowest BCUT2D eigenvalue weighted by molar-refractivity contribution is 1.06. The SMILES string of the molecule is CSc1cccc(-n2c(N)nc3ccc(C)nc32)c1. The van der Waals surface area contributed by atoms with Crippen molar-refractivity contribution >= 4 is 28.9 Å². The summed E-state index contributed by atoms with van der Waals surface area (Å²) in [5.41, 5.74) is 9.59. The van der Waals surface area contributed by atoms with Crippen molar-refractivity contribution in [2.75, 3.05) is 12.0 Å². The molecular formula is C14H14N4S. The molecule has 0 aliphatic heterocycles. The quantitative estimate of drug-likeness (QED) is 0.727. The minimum Gasteiger partial charge on any atom is -0.369 e. The highest BCUT2D eigenvalue weighted by molar-refractivity contribution is 7.98. The van der Waals surface area contributed by atoms with Gasteiger partial charge >= 0.3 is 0 Å². The fourth-order valence-corrected chi connectivity index (χ4v) is 2.53. The molecule has 0 saturated heterocycles. The Hall–Kier alpha value is -2.01. The molecule has 0 unspecified atom stereocenters. The average molecular weight is 270 g/mol. The van der Waals surface area contributed by atoms with E-state index in [-0.39, 0.29) is 0 Å². The number of benzene rings is 1. The Labute approximate surface area is 115 Å². The number of fused-ring (bicyclic) bond motifs is 1. The van der Waals surface area contributed by atoms with E-state index in [2.05, 4.69) is 28.4 Å². The van der Waals surface area contributed by atoms with Crippen LogP contribution in [0.2, 0.25) is 0 Å². The minimum absolute atomic E-state index is 0.464. The third-order valence-electron chi connectivity index (χ3n) is 2.98. The molecule has 2 heterocycles. The van der Waals surface area contributed by atoms with Crippen LogP contribution in [0.1, 0.15) is 5.69 Å². The van der Waals surface area contributed by atoms with E-state index >= 15 is 0 Å². The highest BCUT2D eigenvalue weighted by atomic mass is 32.2. The van der Waals surface area contributed by atoms with Crippen molar-refractivity contribution in [1.29, 1.82) is 0 Å². The predicted molar refractivity (Wildman–Crippen MR) is 79.8 cm³/mol. The van der Waals surface area contributed by atoms with E-state index < -0.39 is 0 Å². The lowest BCUT2D eigenvalue weighted by Crippen LogP contribution is -2.01. The summed E-state index contributed by atoms with van der Waals surface area (Å²) in [5, 5.41) is 0. The number of imidazole rings is 1. The van der Waals surface area contributed by atoms with Crippen molar-refractivity contribution < 1.29 is 0 Å². The molecule has 5 heteroatoms. The van der Waals surface area contributed by atoms with E-state index in [0.717, 1.165) is 22.5 Å². The number of hydrogen-bond acceptors (Lipinski definition) is 4. The largest absolute Gasteiger partial charge is 0.369 e. The first-order chi connectivity index (χ1) is 9.19. The Bertz CT molecular complexity index is 748. The van der Waals surface area contributed by atoms with Gasteiger partial charge < -0.3 is 5.73 Å². The summed E-state index contributed by atoms with van der Waals surface area (Å²) in [6, 6.07) is 12.1. The van der Waals surface area contributed by atoms with Crippen LogP contribution in [0.5, 0.6) is 0 Å². The predicted octanol–water partition coefficient (Wildman–Crippen LogP) is 3.03. The van der Waals surface area contributed by atoms with Gasteiger partial charge in [0.25, 0.3) is 0 Å². The number of hydrogen-bond donors (Lipinski definition) is 1. The van der Waals surface area contributed by atoms with Crippen molar-refractivity contribution in [3.8, 4) is 5.69 Å². The summed E-state index contributed by atoms with van der Waals surface area (Å²) in [6.07, 6.45) is 2.05. The lowest BCUT2D eigenvalue weighted by atomic mass is 10.3. The average Bonchev–Trinajstić information content (AvgIpc) is 2.74. The number of nitrogens with two attached hydrogens (primary N) is 1. The number of rotatable bonds is 2. The molecule has 1 aromatic carbocycles. The van der Waals surface area contributed by atoms with Crippen LogP contribution in [-0.2, 0) is 0 Å². The van der Waals surface area contributed by atoms with Gasteiger partial charge in [-0.2, -0.15) is 0 Å². The highest BCUT2D eigenvalue weighted by Gasteiger charge is 2.11. The number of anilines is 1. The second-order valence-electron chi connectivity index (χ2n) is 4.30. The molecule has 4 nitrogen and oxygen atoms in total. The van der Waals surface area contributed by atoms with E-state index in [0.29, 0.717) is 5.95 Å². The van der Waals surface area contributed by atoms with Gasteiger partial charge in [0.1, 0.15) is 5.52 Å². The molecule has 0 spiro atoms. The first-order valence-corrected chi connectivity index (χ1v) is 7.17. The zero-order valence-corrected chi connectivity index (χ0v) is 11.6. The van der Waals surface area contributed by atoms with E-state index in [9.17, 15) is 0 Å². The Morgan fingerprint density at radius 1 is 1.16 bits per heavy atom. The summed E-state index contributed by atoms with van der Waals surface area (Å²) < 4.78 is 1.89. The van der Waals surface area contributed by atoms with Gasteiger partial charge in [0.2, 0.25) is 5.95 Å². The van der Waals surface area contributed by atoms with E-state index in [1.54, 1.807) is 11.8 Å². The third kappa shape index (κ3) is 2.06. The number of nitrogens with zero attached hydrogens (tertiary/aromatic N) is 3. The first kappa shape index (κ1) is 12.0. The number of nitrogen functional groups attached to an aromatic ring is 1. The fourth-order valence-electron chi connectivity index (χ4n) is 2.07. The van der Waals surface area contributed by atoms with Gasteiger partial charge in [-0.1, -0.05) is 6.07 Å². The smallest absolute Gasteiger partial charge is 0.207 e. The standard InChI is InChI=1S/C14H14N4S/c1-9-6-7-12-13(16-9)18(14(15)17-12)10-4-3-5-11(8-10)19-2/h3-8H,1-2H3,(H2,15,17). The van der Waals surface area contributed by atoms with Gasteiger partial charge in [-0.15, -0.1) is 11.8 Å². The number of pyridine rings is 1. The maximum absolute atomic E-state index is 6.03. The van der Waals surface area contributed by atoms with E-state index in [4.69, 9.17) is 5.73 Å². The maximum atomic E-state index is 6.03. The molecule has 3 aromatic rings. The van der Waals surface area contributed by atoms with E-state index in [1.807, 2.05) is 35.8 Å². The third-order valence-corrected chi connectivity index (χ3v) is 3.71. The minimum atomic E-state index is 0.464. The van der Waals surface area contributed by atoms with Gasteiger partial charge in [-0.3, -0.25) is 4.57 Å². The molecular weight excluding hydrogens is 256 g/mol. The Morgan fingerprint density at radius 2 is 2.00 bits per heavy atom. The molecule has 2 aromatic heterocycles. The molecule has 0 amide bonds. The van der Waals surface area contributed by atoms with Crippen molar-refractivity contribution in [2.45, 2.75) is 11.8 Å². The van der Waals surface area contributed by atoms with Crippen LogP contribution in [0.25, 0.3) is 16.9 Å². The molecule has 0 saturated carbocycles. The van der Waals surface area contributed by atoms with E-state index in [1.165, 1.54) is 4.90 Å². The first-order valence-electron chi connectivity index (χ1n) is 5.95. The molecule has 19 heavy (non-hydrogen) atoms. The van der Waals surface area contributed by atoms with Crippen LogP contribution in [-0.4, -0.2) is 20.8 Å². The molecule has 0 aliphatic rings. The van der Waals surface area contributed by atoms with Crippen molar-refractivity contribution in [3.05, 3.63) is 42.1 Å². The monoisotopic (exact) mass is 270 g/mol. The summed E-state index contributed by atoms with van der Waals surface area (Å²) in [7, 11) is 0. The number of thioether (sulfide) groups is 1. The molecule has 3 rings (SSSR count). The Balaban J connectivity index is 2.28. The zero-order valence-electron chi connectivity index (χ0n) is 10.8. The van der Waals surface area contributed by atoms with Crippen molar-refractivity contribution in [1.82, 2.24) is 14.5 Å². The fraction of sp³-hybridized carbons (Fsp3) is 0.143. The van der Waals surface area contributed by atoms with Crippen molar-refractivity contribution in [3.63, 3.8) is 0 Å². The van der Waals surface area contributed by atoms with Gasteiger partial charge in [0.15, 0.2) is 5.65 Å². The van der Waals surface area contributed by atoms with Crippen LogP contribution in [0.3, 0.4) is 0 Å². The topological polar surface area (TPSA) is 56.7 Å². The van der Waals surface area contributed by atoms with Gasteiger partial charge in [0.05, 0.1) is 5.69 Å². The summed E-state index contributed by atoms with van der Waals surface area (Å²) in [4.78, 5) is 10.1. The van der Waals surface area contributed by atoms with Crippen molar-refractivity contribution in [2.24, 2.45) is 0 Å². The molecule has 0 fully saturated rings. The second kappa shape index (κ2) is 4.59. The normalized spacial score (nSPS) is 11.1. The number of aryl methyl sites for hydroxylation is 1. The van der Waals surface area contributed by atoms with Crippen LogP contribution in [0.4, 0.5) is 5.95 Å². The highest BCUT2D eigenvalue weighted by Crippen LogP contribution is 2.24. The van der Waals surface area contributed by atoms with Gasteiger partial charge in [0, 0.05) is 10.6 Å². The van der Waals surface area contributed by atoms with Crippen LogP contribution >= 0.6 is 11.8 Å². The molecule has 0 bridgehead atoms. The van der Waals surface area contributed by atoms with Gasteiger partial charge in [-0.05, 0) is 43.5 Å². The summed E-state index contributed by atoms with van der Waals surface area (Å²) >= 11 is 1.70. The summed E-state index contributed by atoms with van der Waals surface area (Å²) in [5.74, 6) is 0.464. The zero-order chi connectivity index (χ0) is 13.4. The number of aromatic nitrogens is 3.